The van der Waals surface area contributed by atoms with Crippen LogP contribution in [0.15, 0.2) is 24.3 Å². The summed E-state index contributed by atoms with van der Waals surface area (Å²) in [5.41, 5.74) is 3.30. The summed E-state index contributed by atoms with van der Waals surface area (Å²) in [6.07, 6.45) is 1.17. The number of nitrogens with one attached hydrogen (secondary N) is 1. The minimum absolute atomic E-state index is 0.198. The van der Waals surface area contributed by atoms with Crippen molar-refractivity contribution in [3.05, 3.63) is 29.8 Å². The van der Waals surface area contributed by atoms with Gasteiger partial charge in [0.25, 0.3) is 0 Å². The van der Waals surface area contributed by atoms with Gasteiger partial charge < -0.3 is 10.2 Å². The lowest BCUT2D eigenvalue weighted by Gasteiger charge is -2.43. The number of hydrogen-bond acceptors (Lipinski definition) is 2. The molecule has 1 atom stereocenters. The van der Waals surface area contributed by atoms with Crippen molar-refractivity contribution < 1.29 is 0 Å². The van der Waals surface area contributed by atoms with Gasteiger partial charge in [-0.25, -0.2) is 0 Å². The van der Waals surface area contributed by atoms with E-state index in [1.165, 1.54) is 17.7 Å². The summed E-state index contributed by atoms with van der Waals surface area (Å²) < 4.78 is 0. The van der Waals surface area contributed by atoms with E-state index in [1.807, 2.05) is 0 Å². The zero-order chi connectivity index (χ0) is 14.1. The molecule has 0 aromatic heterocycles. The number of piperazine rings is 1. The Hall–Kier alpha value is -1.02. The van der Waals surface area contributed by atoms with Crippen molar-refractivity contribution in [1.29, 1.82) is 0 Å². The highest BCUT2D eigenvalue weighted by atomic mass is 15.2. The van der Waals surface area contributed by atoms with Crippen LogP contribution in [0.4, 0.5) is 5.69 Å². The summed E-state index contributed by atoms with van der Waals surface area (Å²) in [4.78, 5) is 2.56. The first-order chi connectivity index (χ1) is 8.86. The fourth-order valence-electron chi connectivity index (χ4n) is 2.87. The first-order valence-electron chi connectivity index (χ1n) is 7.45. The molecule has 1 unspecified atom stereocenters. The zero-order valence-electron chi connectivity index (χ0n) is 13.1. The van der Waals surface area contributed by atoms with E-state index in [2.05, 4.69) is 69.1 Å². The van der Waals surface area contributed by atoms with Gasteiger partial charge in [0, 0.05) is 30.9 Å². The first kappa shape index (κ1) is 14.4. The Labute approximate surface area is 118 Å². The monoisotopic (exact) mass is 260 g/mol. The number of nitrogens with zero attached hydrogens (tertiary/aromatic N) is 1. The summed E-state index contributed by atoms with van der Waals surface area (Å²) in [5.74, 6) is 0. The van der Waals surface area contributed by atoms with Gasteiger partial charge >= 0.3 is 0 Å². The molecular weight excluding hydrogens is 232 g/mol. The third-order valence-electron chi connectivity index (χ3n) is 4.31. The predicted octanol–water partition coefficient (Wildman–Crippen LogP) is 3.56. The summed E-state index contributed by atoms with van der Waals surface area (Å²) in [6, 6.07) is 8.88. The van der Waals surface area contributed by atoms with Crippen molar-refractivity contribution in [2.24, 2.45) is 0 Å². The molecule has 1 saturated heterocycles. The average molecular weight is 260 g/mol. The van der Waals surface area contributed by atoms with E-state index in [1.54, 1.807) is 0 Å². The Kier molecular flexibility index (Phi) is 3.91. The van der Waals surface area contributed by atoms with Gasteiger partial charge in [0.1, 0.15) is 0 Å². The van der Waals surface area contributed by atoms with E-state index in [0.717, 1.165) is 19.6 Å². The van der Waals surface area contributed by atoms with E-state index in [-0.39, 0.29) is 11.0 Å². The lowest BCUT2D eigenvalue weighted by Crippen LogP contribution is -2.58. The summed E-state index contributed by atoms with van der Waals surface area (Å²) in [5, 5.41) is 3.66. The van der Waals surface area contributed by atoms with Crippen LogP contribution in [0.25, 0.3) is 0 Å². The molecule has 0 saturated carbocycles. The molecule has 0 aliphatic carbocycles. The normalized spacial score (nSPS) is 24.6. The Morgan fingerprint density at radius 1 is 1.26 bits per heavy atom. The van der Waals surface area contributed by atoms with Crippen molar-refractivity contribution in [2.45, 2.75) is 52.0 Å². The van der Waals surface area contributed by atoms with Crippen LogP contribution in [0.1, 0.15) is 46.6 Å². The molecule has 1 N–H and O–H groups in total. The zero-order valence-corrected chi connectivity index (χ0v) is 13.1. The third kappa shape index (κ3) is 3.11. The highest BCUT2D eigenvalue weighted by Gasteiger charge is 2.30. The van der Waals surface area contributed by atoms with Crippen LogP contribution in [0.5, 0.6) is 0 Å². The molecule has 1 aliphatic rings. The van der Waals surface area contributed by atoms with Crippen LogP contribution in [0.2, 0.25) is 0 Å². The molecule has 0 amide bonds. The van der Waals surface area contributed by atoms with Gasteiger partial charge in [0.05, 0.1) is 0 Å². The topological polar surface area (TPSA) is 15.3 Å². The molecule has 0 bridgehead atoms. The smallest absolute Gasteiger partial charge is 0.0405 e. The maximum Gasteiger partial charge on any atom is 0.0405 e. The summed E-state index contributed by atoms with van der Waals surface area (Å²) >= 11 is 0. The molecule has 0 radical (unpaired) electrons. The van der Waals surface area contributed by atoms with Crippen LogP contribution >= 0.6 is 0 Å². The number of para-hydroxylation sites is 1. The van der Waals surface area contributed by atoms with Crippen molar-refractivity contribution in [3.8, 4) is 0 Å². The van der Waals surface area contributed by atoms with Crippen molar-refractivity contribution in [3.63, 3.8) is 0 Å². The maximum atomic E-state index is 3.66. The lowest BCUT2D eigenvalue weighted by atomic mass is 9.84. The van der Waals surface area contributed by atoms with E-state index in [0.29, 0.717) is 0 Å². The minimum atomic E-state index is 0.198. The molecule has 19 heavy (non-hydrogen) atoms. The highest BCUT2D eigenvalue weighted by molar-refractivity contribution is 5.57. The minimum Gasteiger partial charge on any atom is -0.368 e. The Morgan fingerprint density at radius 3 is 2.58 bits per heavy atom. The molecular formula is C17H28N2. The molecule has 1 aromatic carbocycles. The standard InChI is InChI=1S/C17H28N2/c1-6-17(5)13-19(12-11-18-17)15-10-8-7-9-14(15)16(2,3)4/h7-10,18H,6,11-13H2,1-5H3. The molecule has 106 valence electrons. The van der Waals surface area contributed by atoms with Crippen LogP contribution < -0.4 is 10.2 Å². The molecule has 1 aliphatic heterocycles. The molecule has 2 heteroatoms. The van der Waals surface area contributed by atoms with Gasteiger partial charge in [-0.3, -0.25) is 0 Å². The van der Waals surface area contributed by atoms with Gasteiger partial charge in [-0.2, -0.15) is 0 Å². The number of benzene rings is 1. The van der Waals surface area contributed by atoms with Gasteiger partial charge in [-0.05, 0) is 30.4 Å². The SMILES string of the molecule is CCC1(C)CN(c2ccccc2C(C)(C)C)CCN1. The molecule has 1 fully saturated rings. The van der Waals surface area contributed by atoms with E-state index < -0.39 is 0 Å². The van der Waals surface area contributed by atoms with Gasteiger partial charge in [0.2, 0.25) is 0 Å². The van der Waals surface area contributed by atoms with Crippen molar-refractivity contribution in [1.82, 2.24) is 5.32 Å². The molecule has 2 rings (SSSR count). The fraction of sp³-hybridized carbons (Fsp3) is 0.647. The summed E-state index contributed by atoms with van der Waals surface area (Å²) in [7, 11) is 0. The van der Waals surface area contributed by atoms with Crippen LogP contribution in [0.3, 0.4) is 0 Å². The number of rotatable bonds is 2. The molecule has 0 spiro atoms. The van der Waals surface area contributed by atoms with Crippen LogP contribution in [0, 0.1) is 0 Å². The average Bonchev–Trinajstić information content (AvgIpc) is 2.38. The van der Waals surface area contributed by atoms with Crippen LogP contribution in [-0.4, -0.2) is 25.2 Å². The second kappa shape index (κ2) is 5.16. The van der Waals surface area contributed by atoms with Crippen molar-refractivity contribution in [2.75, 3.05) is 24.5 Å². The highest BCUT2D eigenvalue weighted by Crippen LogP contribution is 2.33. The number of anilines is 1. The Balaban J connectivity index is 2.32. The van der Waals surface area contributed by atoms with E-state index in [9.17, 15) is 0 Å². The molecule has 1 aromatic rings. The summed E-state index contributed by atoms with van der Waals surface area (Å²) in [6.45, 7) is 14.8. The van der Waals surface area contributed by atoms with E-state index in [4.69, 9.17) is 0 Å². The number of hydrogen-bond donors (Lipinski definition) is 1. The first-order valence-corrected chi connectivity index (χ1v) is 7.45. The Morgan fingerprint density at radius 2 is 1.95 bits per heavy atom. The van der Waals surface area contributed by atoms with E-state index >= 15 is 0 Å². The van der Waals surface area contributed by atoms with Gasteiger partial charge in [-0.1, -0.05) is 45.9 Å². The maximum absolute atomic E-state index is 3.66. The van der Waals surface area contributed by atoms with Crippen LogP contribution in [-0.2, 0) is 5.41 Å². The Bertz CT molecular complexity index is 433. The second-order valence-corrected chi connectivity index (χ2v) is 7.03. The van der Waals surface area contributed by atoms with Gasteiger partial charge in [-0.15, -0.1) is 0 Å². The molecule has 1 heterocycles. The predicted molar refractivity (Wildman–Crippen MR) is 84.1 cm³/mol. The largest absolute Gasteiger partial charge is 0.368 e. The fourth-order valence-corrected chi connectivity index (χ4v) is 2.87. The molecule has 2 nitrogen and oxygen atoms in total. The lowest BCUT2D eigenvalue weighted by molar-refractivity contribution is 0.313. The third-order valence-corrected chi connectivity index (χ3v) is 4.31. The van der Waals surface area contributed by atoms with Crippen molar-refractivity contribution >= 4 is 5.69 Å². The quantitative estimate of drug-likeness (QED) is 0.874. The second-order valence-electron chi connectivity index (χ2n) is 7.03. The van der Waals surface area contributed by atoms with Gasteiger partial charge in [0.15, 0.2) is 0 Å².